The Kier molecular flexibility index (Phi) is 4.68. The first kappa shape index (κ1) is 13.7. The zero-order valence-electron chi connectivity index (χ0n) is 10.6. The molecule has 0 saturated heterocycles. The Labute approximate surface area is 120 Å². The van der Waals surface area contributed by atoms with Gasteiger partial charge in [0.15, 0.2) is 0 Å². The molecule has 98 valence electrons. The van der Waals surface area contributed by atoms with E-state index in [0.29, 0.717) is 5.56 Å². The van der Waals surface area contributed by atoms with Crippen molar-refractivity contribution in [1.82, 2.24) is 4.98 Å². The number of pyridine rings is 1. The molecular formula is C15H14BrNO2. The van der Waals surface area contributed by atoms with Crippen molar-refractivity contribution in [3.05, 3.63) is 63.9 Å². The van der Waals surface area contributed by atoms with Crippen molar-refractivity contribution in [2.24, 2.45) is 0 Å². The minimum absolute atomic E-state index is 0.315. The monoisotopic (exact) mass is 319 g/mol. The molecule has 0 N–H and O–H groups in total. The van der Waals surface area contributed by atoms with Crippen LogP contribution in [-0.2, 0) is 17.6 Å². The molecule has 3 nitrogen and oxygen atoms in total. The van der Waals surface area contributed by atoms with Crippen molar-refractivity contribution in [1.29, 1.82) is 0 Å². The highest BCUT2D eigenvalue weighted by Gasteiger charge is 2.11. The van der Waals surface area contributed by atoms with Gasteiger partial charge in [0, 0.05) is 16.9 Å². The van der Waals surface area contributed by atoms with Crippen molar-refractivity contribution < 1.29 is 9.53 Å². The first-order valence-corrected chi connectivity index (χ1v) is 6.76. The van der Waals surface area contributed by atoms with E-state index >= 15 is 0 Å². The summed E-state index contributed by atoms with van der Waals surface area (Å²) in [6.07, 6.45) is 4.93. The maximum absolute atomic E-state index is 11.7. The number of hydrogen-bond donors (Lipinski definition) is 0. The summed E-state index contributed by atoms with van der Waals surface area (Å²) >= 11 is 3.52. The number of hydrogen-bond acceptors (Lipinski definition) is 3. The van der Waals surface area contributed by atoms with Crippen LogP contribution in [0, 0.1) is 0 Å². The van der Waals surface area contributed by atoms with Crippen LogP contribution in [0.3, 0.4) is 0 Å². The molecule has 0 amide bonds. The molecule has 2 rings (SSSR count). The average molecular weight is 320 g/mol. The number of rotatable bonds is 4. The maximum atomic E-state index is 11.7. The summed E-state index contributed by atoms with van der Waals surface area (Å²) in [6.45, 7) is 0. The third kappa shape index (κ3) is 3.41. The highest BCUT2D eigenvalue weighted by molar-refractivity contribution is 9.10. The second-order valence-electron chi connectivity index (χ2n) is 4.12. The van der Waals surface area contributed by atoms with Crippen LogP contribution in [0.5, 0.6) is 0 Å². The van der Waals surface area contributed by atoms with Gasteiger partial charge in [-0.05, 0) is 36.1 Å². The van der Waals surface area contributed by atoms with E-state index in [1.54, 1.807) is 18.5 Å². The van der Waals surface area contributed by atoms with E-state index in [2.05, 4.69) is 27.0 Å². The van der Waals surface area contributed by atoms with E-state index in [0.717, 1.165) is 22.9 Å². The third-order valence-electron chi connectivity index (χ3n) is 2.93. The van der Waals surface area contributed by atoms with Gasteiger partial charge in [-0.2, -0.15) is 0 Å². The van der Waals surface area contributed by atoms with Crippen LogP contribution in [-0.4, -0.2) is 18.1 Å². The Morgan fingerprint density at radius 3 is 2.68 bits per heavy atom. The van der Waals surface area contributed by atoms with Crippen LogP contribution >= 0.6 is 15.9 Å². The summed E-state index contributed by atoms with van der Waals surface area (Å²) in [5.74, 6) is -0.315. The van der Waals surface area contributed by atoms with Crippen molar-refractivity contribution in [3.8, 4) is 0 Å². The minimum Gasteiger partial charge on any atom is -0.465 e. The molecule has 0 aliphatic rings. The molecule has 0 aliphatic heterocycles. The number of nitrogens with zero attached hydrogens (tertiary/aromatic N) is 1. The van der Waals surface area contributed by atoms with Gasteiger partial charge in [0.25, 0.3) is 0 Å². The molecule has 2 aromatic rings. The van der Waals surface area contributed by atoms with Gasteiger partial charge in [0.2, 0.25) is 0 Å². The Morgan fingerprint density at radius 2 is 1.95 bits per heavy atom. The lowest BCUT2D eigenvalue weighted by Gasteiger charge is -2.08. The summed E-state index contributed by atoms with van der Waals surface area (Å²) in [6, 6.07) is 9.77. The van der Waals surface area contributed by atoms with Crippen LogP contribution < -0.4 is 0 Å². The molecule has 4 heteroatoms. The van der Waals surface area contributed by atoms with Crippen molar-refractivity contribution in [3.63, 3.8) is 0 Å². The van der Waals surface area contributed by atoms with E-state index in [-0.39, 0.29) is 5.97 Å². The molecule has 0 saturated carbocycles. The lowest BCUT2D eigenvalue weighted by Crippen LogP contribution is -2.07. The zero-order chi connectivity index (χ0) is 13.7. The van der Waals surface area contributed by atoms with Crippen LogP contribution in [0.15, 0.2) is 47.2 Å². The van der Waals surface area contributed by atoms with E-state index in [9.17, 15) is 4.79 Å². The number of ether oxygens (including phenoxy) is 1. The summed E-state index contributed by atoms with van der Waals surface area (Å²) in [4.78, 5) is 15.7. The first-order chi connectivity index (χ1) is 9.22. The summed E-state index contributed by atoms with van der Waals surface area (Å²) in [5.41, 5.74) is 2.71. The lowest BCUT2D eigenvalue weighted by atomic mass is 10.0. The number of benzene rings is 1. The molecule has 1 heterocycles. The smallest absolute Gasteiger partial charge is 0.338 e. The van der Waals surface area contributed by atoms with Gasteiger partial charge >= 0.3 is 5.97 Å². The van der Waals surface area contributed by atoms with Gasteiger partial charge in [-0.25, -0.2) is 4.79 Å². The van der Waals surface area contributed by atoms with E-state index in [1.807, 2.05) is 18.2 Å². The Morgan fingerprint density at radius 1 is 1.21 bits per heavy atom. The van der Waals surface area contributed by atoms with Crippen LogP contribution in [0.2, 0.25) is 0 Å². The predicted molar refractivity (Wildman–Crippen MR) is 77.1 cm³/mol. The van der Waals surface area contributed by atoms with Gasteiger partial charge in [-0.1, -0.05) is 34.1 Å². The second-order valence-corrected chi connectivity index (χ2v) is 4.97. The Bertz CT molecular complexity index is 584. The number of aryl methyl sites for hydroxylation is 2. The summed E-state index contributed by atoms with van der Waals surface area (Å²) in [5, 5.41) is 0. The molecule has 0 spiro atoms. The Balaban J connectivity index is 2.16. The number of halogens is 1. The number of carbonyl (C=O) groups excluding carboxylic acids is 1. The molecule has 0 unspecified atom stereocenters. The fraction of sp³-hybridized carbons (Fsp3) is 0.200. The minimum atomic E-state index is -0.315. The van der Waals surface area contributed by atoms with Crippen LogP contribution in [0.1, 0.15) is 21.5 Å². The molecule has 0 aliphatic carbocycles. The number of aromatic nitrogens is 1. The van der Waals surface area contributed by atoms with E-state index in [1.165, 1.54) is 12.7 Å². The first-order valence-electron chi connectivity index (χ1n) is 5.97. The number of carbonyl (C=O) groups is 1. The molecule has 0 fully saturated rings. The Hall–Kier alpha value is -1.68. The summed E-state index contributed by atoms with van der Waals surface area (Å²) < 4.78 is 5.86. The van der Waals surface area contributed by atoms with Gasteiger partial charge < -0.3 is 4.74 Å². The third-order valence-corrected chi connectivity index (χ3v) is 3.70. The molecule has 1 aromatic carbocycles. The molecular weight excluding hydrogens is 306 g/mol. The number of methoxy groups -OCH3 is 1. The van der Waals surface area contributed by atoms with Gasteiger partial charge in [0.1, 0.15) is 0 Å². The summed E-state index contributed by atoms with van der Waals surface area (Å²) in [7, 11) is 1.39. The highest BCUT2D eigenvalue weighted by Crippen LogP contribution is 2.19. The molecule has 0 radical (unpaired) electrons. The van der Waals surface area contributed by atoms with Crippen molar-refractivity contribution >= 4 is 21.9 Å². The van der Waals surface area contributed by atoms with E-state index in [4.69, 9.17) is 4.74 Å². The van der Waals surface area contributed by atoms with E-state index < -0.39 is 0 Å². The predicted octanol–water partition coefficient (Wildman–Crippen LogP) is 3.42. The highest BCUT2D eigenvalue weighted by atomic mass is 79.9. The van der Waals surface area contributed by atoms with Gasteiger partial charge in [-0.3, -0.25) is 4.98 Å². The molecule has 19 heavy (non-hydrogen) atoms. The second kappa shape index (κ2) is 6.48. The van der Waals surface area contributed by atoms with Crippen LogP contribution in [0.4, 0.5) is 0 Å². The molecule has 0 atom stereocenters. The quantitative estimate of drug-likeness (QED) is 0.811. The van der Waals surface area contributed by atoms with Crippen molar-refractivity contribution in [2.75, 3.05) is 7.11 Å². The standard InChI is InChI=1S/C15H14BrNO2/c1-19-15(18)13-8-9-17-10-12(13)7-6-11-4-2-3-5-14(11)16/h2-5,8-10H,6-7H2,1H3. The fourth-order valence-corrected chi connectivity index (χ4v) is 2.39. The number of esters is 1. The van der Waals surface area contributed by atoms with Gasteiger partial charge in [0.05, 0.1) is 12.7 Å². The molecule has 0 bridgehead atoms. The molecule has 1 aromatic heterocycles. The fourth-order valence-electron chi connectivity index (χ4n) is 1.91. The van der Waals surface area contributed by atoms with Crippen LogP contribution in [0.25, 0.3) is 0 Å². The largest absolute Gasteiger partial charge is 0.465 e. The maximum Gasteiger partial charge on any atom is 0.338 e. The zero-order valence-corrected chi connectivity index (χ0v) is 12.2. The normalized spacial score (nSPS) is 10.2. The van der Waals surface area contributed by atoms with Crippen molar-refractivity contribution in [2.45, 2.75) is 12.8 Å². The SMILES string of the molecule is COC(=O)c1ccncc1CCc1ccccc1Br. The van der Waals surface area contributed by atoms with Gasteiger partial charge in [-0.15, -0.1) is 0 Å². The average Bonchev–Trinajstić information content (AvgIpc) is 2.46. The lowest BCUT2D eigenvalue weighted by molar-refractivity contribution is 0.0599. The topological polar surface area (TPSA) is 39.2 Å².